The molecular weight excluding hydrogens is 1670 g/mol. The van der Waals surface area contributed by atoms with Crippen LogP contribution in [0.1, 0.15) is 47.8 Å². The number of anilines is 1. The lowest BCUT2D eigenvalue weighted by Crippen LogP contribution is -2.11. The van der Waals surface area contributed by atoms with Crippen molar-refractivity contribution in [2.24, 2.45) is 0 Å². The maximum atomic E-state index is 4.92. The average Bonchev–Trinajstić information content (AvgIpc) is 1.63. The van der Waals surface area contributed by atoms with Gasteiger partial charge in [0.15, 0.2) is 23.3 Å². The molecule has 20 heterocycles. The van der Waals surface area contributed by atoms with Crippen LogP contribution in [0.4, 0.5) is 5.69 Å². The van der Waals surface area contributed by atoms with E-state index < -0.39 is 0 Å². The molecule has 0 atom stereocenters. The molecule has 0 aliphatic carbocycles. The van der Waals surface area contributed by atoms with Crippen LogP contribution in [0.15, 0.2) is 272 Å². The first-order valence-electron chi connectivity index (χ1n) is 39.7. The molecule has 26 nitrogen and oxygen atoms in total. The van der Waals surface area contributed by atoms with Gasteiger partial charge in [0, 0.05) is 174 Å². The number of aryl methyl sites for hydroxylation is 1. The lowest BCUT2D eigenvalue weighted by Gasteiger charge is -2.13. The van der Waals surface area contributed by atoms with E-state index in [0.717, 1.165) is 244 Å². The minimum atomic E-state index is 0. The third-order valence-electron chi connectivity index (χ3n) is 21.5. The largest absolute Gasteiger partial charge is 0.376 e. The zero-order valence-electron chi connectivity index (χ0n) is 66.6. The highest BCUT2D eigenvalue weighted by Crippen LogP contribution is 2.41. The highest BCUT2D eigenvalue weighted by molar-refractivity contribution is 7.14. The number of pyridine rings is 8. The van der Waals surface area contributed by atoms with Crippen molar-refractivity contribution >= 4 is 139 Å². The van der Waals surface area contributed by atoms with Crippen LogP contribution in [0, 0.1) is 6.92 Å². The molecule has 0 aliphatic heterocycles. The summed E-state index contributed by atoms with van der Waals surface area (Å²) in [6.07, 6.45) is 29.6. The minimum Gasteiger partial charge on any atom is -0.376 e. The van der Waals surface area contributed by atoms with E-state index in [1.54, 1.807) is 57.7 Å². The average molecular weight is 1760 g/mol. The summed E-state index contributed by atoms with van der Waals surface area (Å²) in [5, 5.41) is 46.4. The van der Waals surface area contributed by atoms with Gasteiger partial charge in [-0.25, -0.2) is 19.9 Å². The van der Waals surface area contributed by atoms with E-state index in [-0.39, 0.29) is 29.7 Å². The van der Waals surface area contributed by atoms with Crippen molar-refractivity contribution in [2.45, 2.75) is 50.1 Å². The van der Waals surface area contributed by atoms with Gasteiger partial charge in [-0.15, -0.1) is 45.3 Å². The summed E-state index contributed by atoms with van der Waals surface area (Å²) < 4.78 is 0. The fourth-order valence-electron chi connectivity index (χ4n) is 15.3. The highest BCUT2D eigenvalue weighted by Gasteiger charge is 2.23. The molecule has 0 saturated heterocycles. The van der Waals surface area contributed by atoms with Gasteiger partial charge >= 0.3 is 0 Å². The molecule has 0 radical (unpaired) electrons. The van der Waals surface area contributed by atoms with Crippen LogP contribution in [0.2, 0.25) is 0 Å². The molecule has 20 aromatic heterocycles. The van der Waals surface area contributed by atoms with E-state index in [9.17, 15) is 0 Å². The molecule has 24 rings (SSSR count). The minimum absolute atomic E-state index is 0. The van der Waals surface area contributed by atoms with Crippen molar-refractivity contribution in [3.63, 3.8) is 0 Å². The normalized spacial score (nSPS) is 11.1. The Balaban J connectivity index is 0.000000119. The molecule has 9 N–H and O–H groups in total. The van der Waals surface area contributed by atoms with Crippen LogP contribution < -0.4 is 10.2 Å². The number of benzene rings is 4. The molecule has 0 saturated carbocycles. The molecule has 0 amide bonds. The third-order valence-corrected chi connectivity index (χ3v) is 25.1. The van der Waals surface area contributed by atoms with Crippen molar-refractivity contribution in [3.8, 4) is 132 Å². The Morgan fingerprint density at radius 3 is 1.03 bits per heavy atom. The predicted molar refractivity (Wildman–Crippen MR) is 525 cm³/mol. The molecule has 24 aromatic rings. The van der Waals surface area contributed by atoms with Gasteiger partial charge in [-0.3, -0.25) is 60.3 Å². The van der Waals surface area contributed by atoms with Crippen molar-refractivity contribution < 1.29 is 0 Å². The fraction of sp³-hybridized carbons (Fsp3) is 0.102. The zero-order chi connectivity index (χ0) is 83.1. The number of aromatic nitrogens is 24. The zero-order valence-corrected chi connectivity index (χ0v) is 69.9. The predicted octanol–water partition coefficient (Wildman–Crippen LogP) is 24.2. The second kappa shape index (κ2) is 36.7. The van der Waals surface area contributed by atoms with Gasteiger partial charge in [0.05, 0.1) is 80.8 Å². The molecule has 30 heteroatoms. The Labute approximate surface area is 750 Å². The monoisotopic (exact) mass is 1750 g/mol. The number of aromatic amines is 8. The van der Waals surface area contributed by atoms with Crippen molar-refractivity contribution in [3.05, 3.63) is 283 Å². The lowest BCUT2D eigenvalue weighted by atomic mass is 10.0. The molecule has 632 valence electrons. The molecular formula is C98H86N26S4. The molecule has 0 spiro atoms. The Bertz CT molecular complexity index is 7950. The number of rotatable bonds is 16. The summed E-state index contributed by atoms with van der Waals surface area (Å²) in [4.78, 5) is 74.8. The molecule has 0 fully saturated rings. The van der Waals surface area contributed by atoms with Gasteiger partial charge in [-0.05, 0) is 165 Å². The number of nitrogens with one attached hydrogen (secondary N) is 9. The molecule has 0 aliphatic rings. The number of fused-ring (bicyclic) bond motifs is 8. The van der Waals surface area contributed by atoms with Gasteiger partial charge in [0.2, 0.25) is 0 Å². The van der Waals surface area contributed by atoms with Crippen molar-refractivity contribution in [1.82, 2.24) is 126 Å². The van der Waals surface area contributed by atoms with E-state index in [1.165, 1.54) is 5.56 Å². The Kier molecular flexibility index (Phi) is 24.2. The van der Waals surface area contributed by atoms with Crippen LogP contribution >= 0.6 is 45.3 Å². The smallest absolute Gasteiger partial charge is 0.159 e. The van der Waals surface area contributed by atoms with E-state index in [2.05, 4.69) is 238 Å². The number of nitrogens with zero attached hydrogens (tertiary/aromatic N) is 17. The van der Waals surface area contributed by atoms with Crippen LogP contribution in [0.5, 0.6) is 0 Å². The van der Waals surface area contributed by atoms with Crippen LogP contribution in [0.3, 0.4) is 0 Å². The number of thiophene rings is 4. The summed E-state index contributed by atoms with van der Waals surface area (Å²) in [5.41, 5.74) is 30.3. The van der Waals surface area contributed by atoms with Gasteiger partial charge in [-0.1, -0.05) is 91.2 Å². The first-order chi connectivity index (χ1) is 61.1. The van der Waals surface area contributed by atoms with E-state index in [4.69, 9.17) is 19.9 Å². The second-order valence-electron chi connectivity index (χ2n) is 29.5. The number of imidazole rings is 4. The molecule has 128 heavy (non-hydrogen) atoms. The van der Waals surface area contributed by atoms with E-state index in [0.29, 0.717) is 0 Å². The Hall–Kier alpha value is -15.6. The highest BCUT2D eigenvalue weighted by atomic mass is 32.1. The molecule has 0 bridgehead atoms. The van der Waals surface area contributed by atoms with Crippen molar-refractivity contribution in [1.29, 1.82) is 0 Å². The summed E-state index contributed by atoms with van der Waals surface area (Å²) in [6, 6.07) is 51.9. The van der Waals surface area contributed by atoms with Gasteiger partial charge < -0.3 is 30.2 Å². The second-order valence-corrected chi connectivity index (χ2v) is 33.3. The van der Waals surface area contributed by atoms with E-state index in [1.807, 2.05) is 160 Å². The van der Waals surface area contributed by atoms with Crippen LogP contribution in [-0.4, -0.2) is 141 Å². The summed E-state index contributed by atoms with van der Waals surface area (Å²) >= 11 is 6.71. The molecule has 4 aromatic carbocycles. The Morgan fingerprint density at radius 1 is 0.312 bits per heavy atom. The summed E-state index contributed by atoms with van der Waals surface area (Å²) in [7, 11) is 4.03. The molecule has 0 unspecified atom stereocenters. The van der Waals surface area contributed by atoms with Gasteiger partial charge in [-0.2, -0.15) is 20.4 Å². The third kappa shape index (κ3) is 16.5. The number of hydrogen-bond donors (Lipinski definition) is 9. The fourth-order valence-corrected chi connectivity index (χ4v) is 18.2. The lowest BCUT2D eigenvalue weighted by molar-refractivity contribution is 0.724. The van der Waals surface area contributed by atoms with Crippen molar-refractivity contribution in [2.75, 3.05) is 25.5 Å². The van der Waals surface area contributed by atoms with Crippen LogP contribution in [0.25, 0.3) is 220 Å². The van der Waals surface area contributed by atoms with Gasteiger partial charge in [0.25, 0.3) is 0 Å². The SMILES string of the molecule is C.C.C.C.CCNCc1cncc(-c2ccc3[nH]nc(-c4nc5c(-c6cccs6)cncc5[nH]4)c3c2)c1.CN(C)c1cncc(-c2ccc3[nH]nc(-c4nc5c(-c6cccs6)cncc5[nH]4)c3c2)c1.Cc1ccncc1-c1ccc2[nH]nc(-c3nc4c(-c5cccs5)cncc4[nH]3)c2c1.c1cncc(-c2ccc3[nH]nc(-c4nc5c(-c6cccs6)cncc5[nH]4)c3c2)c1. The standard InChI is InChI=1S/C25H21N7S.C24H19N7S.C23H16N6S.C22H14N6S.4CH4/c1-2-26-10-15-8-17(12-27-11-15)16-5-6-20-18(9-16)24(32-31-20)25-29-21-14-28-13-19(23(21)30-25)22-4-3-7-33-22;1-31(2)16-8-15(10-25-11-16)14-5-6-19-17(9-14)23(30-29-19)24-27-20-13-26-12-18(22(20)28-24)21-4-3-7-32-21;1-13-6-7-24-10-16(13)14-4-5-18-15(9-14)22(29-28-18)23-26-19-12-25-11-17(21(19)27-23)20-3-2-8-30-20;1-3-14(10-23-7-1)13-5-6-17-15(9-13)21(28-27-17)22-25-18-12-24-11-16(20(18)26-22)19-4-2-8-29-19;;;;/h3-9,11-14,26H,2,10H2,1H3,(H,29,30)(H,31,32);3-13H,1-2H3,(H,27,28)(H,29,30);2-12H,1H3,(H,26,27)(H,28,29);1-12H,(H,25,26)(H,27,28);4*1H4. The van der Waals surface area contributed by atoms with Gasteiger partial charge in [0.1, 0.15) is 44.8 Å². The maximum Gasteiger partial charge on any atom is 0.159 e. The first kappa shape index (κ1) is 84.6. The maximum absolute atomic E-state index is 4.92. The van der Waals surface area contributed by atoms with Crippen LogP contribution in [-0.2, 0) is 6.54 Å². The number of H-pyrrole nitrogens is 8. The Morgan fingerprint density at radius 2 is 0.664 bits per heavy atom. The number of hydrogen-bond acceptors (Lipinski definition) is 22. The summed E-state index contributed by atoms with van der Waals surface area (Å²) in [6.45, 7) is 5.92. The van der Waals surface area contributed by atoms with E-state index >= 15 is 0 Å². The quantitative estimate of drug-likeness (QED) is 0.0434. The topological polar surface area (TPSA) is 348 Å². The first-order valence-corrected chi connectivity index (χ1v) is 43.2. The summed E-state index contributed by atoms with van der Waals surface area (Å²) in [5.74, 6) is 2.88.